The molecular weight excluding hydrogens is 252 g/mol. The zero-order valence-corrected chi connectivity index (χ0v) is 12.8. The van der Waals surface area contributed by atoms with E-state index in [9.17, 15) is 0 Å². The molecule has 1 fully saturated rings. The molecule has 0 unspecified atom stereocenters. The van der Waals surface area contributed by atoms with Crippen LogP contribution < -0.4 is 10.5 Å². The normalized spacial score (nSPS) is 18.2. The topological polar surface area (TPSA) is 54.6 Å². The largest absolute Gasteiger partial charge is 0.481 e. The first-order valence-electron chi connectivity index (χ1n) is 7.22. The van der Waals surface area contributed by atoms with Crippen LogP contribution in [0.15, 0.2) is 18.2 Å². The molecule has 2 heterocycles. The molecule has 0 aromatic carbocycles. The van der Waals surface area contributed by atoms with E-state index in [0.29, 0.717) is 12.4 Å². The van der Waals surface area contributed by atoms with Gasteiger partial charge in [0.15, 0.2) is 0 Å². The summed E-state index contributed by atoms with van der Waals surface area (Å²) in [5.41, 5.74) is 7.01. The molecule has 0 spiro atoms. The van der Waals surface area contributed by atoms with Crippen molar-refractivity contribution in [1.82, 2.24) is 14.8 Å². The molecule has 5 nitrogen and oxygen atoms in total. The molecule has 0 amide bonds. The first kappa shape index (κ1) is 15.2. The van der Waals surface area contributed by atoms with Gasteiger partial charge in [-0.2, -0.15) is 0 Å². The minimum atomic E-state index is 0.0975. The Kier molecular flexibility index (Phi) is 4.96. The summed E-state index contributed by atoms with van der Waals surface area (Å²) in [4.78, 5) is 9.38. The van der Waals surface area contributed by atoms with E-state index >= 15 is 0 Å². The van der Waals surface area contributed by atoms with Gasteiger partial charge in [-0.1, -0.05) is 6.07 Å². The van der Waals surface area contributed by atoms with Gasteiger partial charge in [-0.15, -0.1) is 0 Å². The Bertz CT molecular complexity index is 428. The molecule has 2 rings (SSSR count). The van der Waals surface area contributed by atoms with Crippen LogP contribution in [0.2, 0.25) is 0 Å². The van der Waals surface area contributed by atoms with Gasteiger partial charge in [-0.25, -0.2) is 4.98 Å². The predicted octanol–water partition coefficient (Wildman–Crippen LogP) is 0.945. The fraction of sp³-hybridized carbons (Fsp3) is 0.667. The van der Waals surface area contributed by atoms with Gasteiger partial charge in [-0.05, 0) is 19.9 Å². The third kappa shape index (κ3) is 3.69. The summed E-state index contributed by atoms with van der Waals surface area (Å²) in [5, 5.41) is 0. The molecule has 0 radical (unpaired) electrons. The Morgan fingerprint density at radius 2 is 1.95 bits per heavy atom. The van der Waals surface area contributed by atoms with Gasteiger partial charge in [0.1, 0.15) is 0 Å². The van der Waals surface area contributed by atoms with Crippen LogP contribution in [0.1, 0.15) is 19.5 Å². The standard InChI is InChI=1S/C15H26N4O/c1-15(2,12-16)19-9-7-18(8-10-19)11-13-5-4-6-14(17-13)20-3/h4-6H,7-12,16H2,1-3H3. The lowest BCUT2D eigenvalue weighted by Crippen LogP contribution is -2.57. The third-order valence-corrected chi connectivity index (χ3v) is 4.10. The number of ether oxygens (including phenoxy) is 1. The summed E-state index contributed by atoms with van der Waals surface area (Å²) in [5.74, 6) is 0.686. The van der Waals surface area contributed by atoms with Crippen LogP contribution >= 0.6 is 0 Å². The minimum Gasteiger partial charge on any atom is -0.481 e. The number of piperazine rings is 1. The highest BCUT2D eigenvalue weighted by atomic mass is 16.5. The van der Waals surface area contributed by atoms with Gasteiger partial charge in [0.2, 0.25) is 5.88 Å². The predicted molar refractivity (Wildman–Crippen MR) is 80.8 cm³/mol. The maximum absolute atomic E-state index is 5.85. The maximum atomic E-state index is 5.85. The Morgan fingerprint density at radius 1 is 1.25 bits per heavy atom. The van der Waals surface area contributed by atoms with E-state index in [4.69, 9.17) is 10.5 Å². The summed E-state index contributed by atoms with van der Waals surface area (Å²) < 4.78 is 5.17. The Morgan fingerprint density at radius 3 is 2.55 bits per heavy atom. The van der Waals surface area contributed by atoms with Gasteiger partial charge < -0.3 is 10.5 Å². The van der Waals surface area contributed by atoms with Crippen molar-refractivity contribution >= 4 is 0 Å². The molecule has 112 valence electrons. The summed E-state index contributed by atoms with van der Waals surface area (Å²) in [7, 11) is 1.65. The minimum absolute atomic E-state index is 0.0975. The average Bonchev–Trinajstić information content (AvgIpc) is 2.48. The van der Waals surface area contributed by atoms with Crippen molar-refractivity contribution in [2.75, 3.05) is 39.8 Å². The van der Waals surface area contributed by atoms with Crippen molar-refractivity contribution in [2.45, 2.75) is 25.9 Å². The van der Waals surface area contributed by atoms with E-state index in [1.807, 2.05) is 12.1 Å². The molecule has 1 aromatic rings. The van der Waals surface area contributed by atoms with Gasteiger partial charge in [0.05, 0.1) is 12.8 Å². The van der Waals surface area contributed by atoms with E-state index in [0.717, 1.165) is 38.4 Å². The number of nitrogens with two attached hydrogens (primary N) is 1. The zero-order chi connectivity index (χ0) is 14.6. The molecular formula is C15H26N4O. The third-order valence-electron chi connectivity index (χ3n) is 4.10. The summed E-state index contributed by atoms with van der Waals surface area (Å²) in [6.07, 6.45) is 0. The van der Waals surface area contributed by atoms with E-state index in [2.05, 4.69) is 34.7 Å². The van der Waals surface area contributed by atoms with Gasteiger partial charge >= 0.3 is 0 Å². The van der Waals surface area contributed by atoms with Gasteiger partial charge in [0.25, 0.3) is 0 Å². The molecule has 1 aromatic heterocycles. The van der Waals surface area contributed by atoms with E-state index in [1.54, 1.807) is 7.11 Å². The van der Waals surface area contributed by atoms with Crippen molar-refractivity contribution in [3.63, 3.8) is 0 Å². The molecule has 0 aliphatic carbocycles. The number of aromatic nitrogens is 1. The monoisotopic (exact) mass is 278 g/mol. The lowest BCUT2D eigenvalue weighted by Gasteiger charge is -2.43. The van der Waals surface area contributed by atoms with Crippen LogP contribution in [0.3, 0.4) is 0 Å². The molecule has 0 atom stereocenters. The second-order valence-electron chi connectivity index (χ2n) is 5.95. The first-order valence-corrected chi connectivity index (χ1v) is 7.22. The Hall–Kier alpha value is -1.17. The lowest BCUT2D eigenvalue weighted by molar-refractivity contribution is 0.0532. The smallest absolute Gasteiger partial charge is 0.213 e. The molecule has 5 heteroatoms. The van der Waals surface area contributed by atoms with Gasteiger partial charge in [0, 0.05) is 50.9 Å². The molecule has 1 aliphatic heterocycles. The average molecular weight is 278 g/mol. The fourth-order valence-electron chi connectivity index (χ4n) is 2.53. The molecule has 20 heavy (non-hydrogen) atoms. The van der Waals surface area contributed by atoms with Crippen LogP contribution in [0.5, 0.6) is 5.88 Å². The van der Waals surface area contributed by atoms with E-state index in [1.165, 1.54) is 0 Å². The zero-order valence-electron chi connectivity index (χ0n) is 12.8. The summed E-state index contributed by atoms with van der Waals surface area (Å²) in [6.45, 7) is 10.3. The second kappa shape index (κ2) is 6.52. The van der Waals surface area contributed by atoms with Crippen molar-refractivity contribution in [3.05, 3.63) is 23.9 Å². The van der Waals surface area contributed by atoms with E-state index in [-0.39, 0.29) is 5.54 Å². The lowest BCUT2D eigenvalue weighted by atomic mass is 10.0. The summed E-state index contributed by atoms with van der Waals surface area (Å²) >= 11 is 0. The summed E-state index contributed by atoms with van der Waals surface area (Å²) in [6, 6.07) is 5.93. The number of hydrogen-bond acceptors (Lipinski definition) is 5. The van der Waals surface area contributed by atoms with Crippen LogP contribution in [0, 0.1) is 0 Å². The maximum Gasteiger partial charge on any atom is 0.213 e. The van der Waals surface area contributed by atoms with Gasteiger partial charge in [-0.3, -0.25) is 9.80 Å². The first-order chi connectivity index (χ1) is 9.55. The van der Waals surface area contributed by atoms with Crippen molar-refractivity contribution < 1.29 is 4.74 Å². The Labute approximate surface area is 121 Å². The van der Waals surface area contributed by atoms with Crippen molar-refractivity contribution in [1.29, 1.82) is 0 Å². The number of rotatable bonds is 5. The van der Waals surface area contributed by atoms with Crippen molar-refractivity contribution in [3.8, 4) is 5.88 Å². The van der Waals surface area contributed by atoms with Crippen LogP contribution in [-0.2, 0) is 6.54 Å². The SMILES string of the molecule is COc1cccc(CN2CCN(C(C)(C)CN)CC2)n1. The molecule has 0 bridgehead atoms. The fourth-order valence-corrected chi connectivity index (χ4v) is 2.53. The number of hydrogen-bond donors (Lipinski definition) is 1. The molecule has 1 saturated heterocycles. The molecule has 0 saturated carbocycles. The number of nitrogens with zero attached hydrogens (tertiary/aromatic N) is 3. The molecule has 1 aliphatic rings. The number of pyridine rings is 1. The van der Waals surface area contributed by atoms with E-state index < -0.39 is 0 Å². The highest BCUT2D eigenvalue weighted by molar-refractivity contribution is 5.15. The van der Waals surface area contributed by atoms with Crippen molar-refractivity contribution in [2.24, 2.45) is 5.73 Å². The number of methoxy groups -OCH3 is 1. The van der Waals surface area contributed by atoms with Crippen LogP contribution in [0.25, 0.3) is 0 Å². The second-order valence-corrected chi connectivity index (χ2v) is 5.95. The highest BCUT2D eigenvalue weighted by Crippen LogP contribution is 2.17. The molecule has 2 N–H and O–H groups in total. The quantitative estimate of drug-likeness (QED) is 0.869. The van der Waals surface area contributed by atoms with Crippen LogP contribution in [0.4, 0.5) is 0 Å². The highest BCUT2D eigenvalue weighted by Gasteiger charge is 2.28. The Balaban J connectivity index is 1.88. The van der Waals surface area contributed by atoms with Crippen LogP contribution in [-0.4, -0.2) is 60.2 Å².